The fraction of sp³-hybridized carbons (Fsp3) is 1.00. The second kappa shape index (κ2) is 6.53. The number of hydrogen-bond donors (Lipinski definition) is 1. The molecule has 84 valence electrons. The van der Waals surface area contributed by atoms with Gasteiger partial charge in [-0.15, -0.1) is 0 Å². The summed E-state index contributed by atoms with van der Waals surface area (Å²) >= 11 is 0. The first-order valence-corrected chi connectivity index (χ1v) is 6.91. The number of nitrogens with one attached hydrogen (secondary N) is 1. The molecule has 1 fully saturated rings. The van der Waals surface area contributed by atoms with Gasteiger partial charge in [0.15, 0.2) is 0 Å². The van der Waals surface area contributed by atoms with Crippen molar-refractivity contribution in [2.75, 3.05) is 24.7 Å². The lowest BCUT2D eigenvalue weighted by atomic mass is 10.1. The SMILES string of the molecule is CCOC(C)CNC1CCS(=O)CC1. The van der Waals surface area contributed by atoms with Crippen molar-refractivity contribution in [3.63, 3.8) is 0 Å². The highest BCUT2D eigenvalue weighted by molar-refractivity contribution is 7.85. The Hall–Kier alpha value is 0.0700. The highest BCUT2D eigenvalue weighted by Crippen LogP contribution is 2.08. The summed E-state index contributed by atoms with van der Waals surface area (Å²) in [6, 6.07) is 0.551. The number of rotatable bonds is 5. The topological polar surface area (TPSA) is 38.3 Å². The summed E-state index contributed by atoms with van der Waals surface area (Å²) in [5.74, 6) is 1.72. The lowest BCUT2D eigenvalue weighted by Crippen LogP contribution is -2.39. The van der Waals surface area contributed by atoms with E-state index >= 15 is 0 Å². The highest BCUT2D eigenvalue weighted by Gasteiger charge is 2.17. The molecule has 1 atom stereocenters. The molecule has 0 spiro atoms. The van der Waals surface area contributed by atoms with Crippen molar-refractivity contribution in [1.29, 1.82) is 0 Å². The molecule has 1 aliphatic rings. The van der Waals surface area contributed by atoms with Gasteiger partial charge in [0.2, 0.25) is 0 Å². The van der Waals surface area contributed by atoms with Gasteiger partial charge in [-0.1, -0.05) is 0 Å². The van der Waals surface area contributed by atoms with E-state index in [0.717, 1.165) is 37.5 Å². The molecule has 0 aliphatic carbocycles. The molecule has 1 aliphatic heterocycles. The van der Waals surface area contributed by atoms with Crippen LogP contribution in [0.2, 0.25) is 0 Å². The van der Waals surface area contributed by atoms with Crippen LogP contribution in [0.1, 0.15) is 26.7 Å². The molecule has 1 N–H and O–H groups in total. The molecule has 1 rings (SSSR count). The molecule has 1 saturated heterocycles. The Balaban J connectivity index is 2.09. The van der Waals surface area contributed by atoms with Crippen LogP contribution in [0.15, 0.2) is 0 Å². The van der Waals surface area contributed by atoms with E-state index in [1.165, 1.54) is 0 Å². The zero-order valence-corrected chi connectivity index (χ0v) is 9.94. The predicted molar refractivity (Wildman–Crippen MR) is 60.0 cm³/mol. The first-order valence-electron chi connectivity index (χ1n) is 5.42. The Morgan fingerprint density at radius 3 is 2.71 bits per heavy atom. The van der Waals surface area contributed by atoms with Gasteiger partial charge >= 0.3 is 0 Å². The van der Waals surface area contributed by atoms with Gasteiger partial charge in [-0.2, -0.15) is 0 Å². The molecule has 0 amide bonds. The van der Waals surface area contributed by atoms with Crippen molar-refractivity contribution in [3.8, 4) is 0 Å². The third-order valence-electron chi connectivity index (χ3n) is 2.53. The number of hydrogen-bond acceptors (Lipinski definition) is 3. The Labute approximate surface area is 89.1 Å². The standard InChI is InChI=1S/C10H21NO2S/c1-3-13-9(2)8-11-10-4-6-14(12)7-5-10/h9-11H,3-8H2,1-2H3. The van der Waals surface area contributed by atoms with Gasteiger partial charge in [-0.25, -0.2) is 0 Å². The van der Waals surface area contributed by atoms with Crippen LogP contribution >= 0.6 is 0 Å². The van der Waals surface area contributed by atoms with Crippen LogP contribution in [-0.2, 0) is 15.5 Å². The van der Waals surface area contributed by atoms with Crippen molar-refractivity contribution < 1.29 is 8.95 Å². The van der Waals surface area contributed by atoms with E-state index < -0.39 is 10.8 Å². The summed E-state index contributed by atoms with van der Waals surface area (Å²) in [5, 5.41) is 3.47. The summed E-state index contributed by atoms with van der Waals surface area (Å²) < 4.78 is 16.5. The van der Waals surface area contributed by atoms with Gasteiger partial charge in [0.1, 0.15) is 0 Å². The van der Waals surface area contributed by atoms with Crippen LogP contribution in [0.4, 0.5) is 0 Å². The van der Waals surface area contributed by atoms with Crippen LogP contribution in [-0.4, -0.2) is 41.0 Å². The predicted octanol–water partition coefficient (Wildman–Crippen LogP) is 0.912. The van der Waals surface area contributed by atoms with Gasteiger partial charge in [-0.05, 0) is 26.7 Å². The van der Waals surface area contributed by atoms with E-state index in [-0.39, 0.29) is 6.10 Å². The van der Waals surface area contributed by atoms with E-state index in [4.69, 9.17) is 4.74 Å². The molecule has 14 heavy (non-hydrogen) atoms. The normalized spacial score (nSPS) is 30.1. The zero-order chi connectivity index (χ0) is 10.4. The molecular formula is C10H21NO2S. The molecule has 0 radical (unpaired) electrons. The average Bonchev–Trinajstić information content (AvgIpc) is 2.17. The summed E-state index contributed by atoms with van der Waals surface area (Å²) in [6.07, 6.45) is 2.38. The lowest BCUT2D eigenvalue weighted by molar-refractivity contribution is 0.0737. The molecule has 1 heterocycles. The smallest absolute Gasteiger partial charge is 0.0671 e. The Morgan fingerprint density at radius 1 is 1.50 bits per heavy atom. The first kappa shape index (κ1) is 12.1. The van der Waals surface area contributed by atoms with E-state index in [9.17, 15) is 4.21 Å². The Bertz CT molecular complexity index is 177. The highest BCUT2D eigenvalue weighted by atomic mass is 32.2. The van der Waals surface area contributed by atoms with Gasteiger partial charge < -0.3 is 10.1 Å². The molecule has 0 aromatic carbocycles. The molecule has 3 nitrogen and oxygen atoms in total. The van der Waals surface area contributed by atoms with Crippen molar-refractivity contribution >= 4 is 10.8 Å². The van der Waals surface area contributed by atoms with Gasteiger partial charge in [-0.3, -0.25) is 4.21 Å². The maximum Gasteiger partial charge on any atom is 0.0671 e. The summed E-state index contributed by atoms with van der Waals surface area (Å²) in [4.78, 5) is 0. The average molecular weight is 219 g/mol. The van der Waals surface area contributed by atoms with Gasteiger partial charge in [0.25, 0.3) is 0 Å². The minimum atomic E-state index is -0.550. The van der Waals surface area contributed by atoms with Crippen LogP contribution in [0.3, 0.4) is 0 Å². The molecule has 0 aromatic rings. The first-order chi connectivity index (χ1) is 6.72. The monoisotopic (exact) mass is 219 g/mol. The zero-order valence-electron chi connectivity index (χ0n) is 9.12. The minimum absolute atomic E-state index is 0.285. The fourth-order valence-electron chi connectivity index (χ4n) is 1.67. The van der Waals surface area contributed by atoms with Crippen molar-refractivity contribution in [2.45, 2.75) is 38.8 Å². The van der Waals surface area contributed by atoms with Crippen LogP contribution in [0, 0.1) is 0 Å². The molecule has 0 saturated carbocycles. The van der Waals surface area contributed by atoms with Crippen molar-refractivity contribution in [1.82, 2.24) is 5.32 Å². The molecule has 4 heteroatoms. The van der Waals surface area contributed by atoms with E-state index in [2.05, 4.69) is 12.2 Å². The Morgan fingerprint density at radius 2 is 2.14 bits per heavy atom. The largest absolute Gasteiger partial charge is 0.377 e. The van der Waals surface area contributed by atoms with E-state index in [1.54, 1.807) is 0 Å². The number of ether oxygens (including phenoxy) is 1. The second-order valence-corrected chi connectivity index (χ2v) is 5.49. The molecule has 0 bridgehead atoms. The Kier molecular flexibility index (Phi) is 5.67. The summed E-state index contributed by atoms with van der Waals surface area (Å²) in [7, 11) is -0.550. The molecule has 0 aromatic heterocycles. The van der Waals surface area contributed by atoms with E-state index in [0.29, 0.717) is 6.04 Å². The van der Waals surface area contributed by atoms with Crippen molar-refractivity contribution in [2.24, 2.45) is 0 Å². The quantitative estimate of drug-likeness (QED) is 0.747. The molecule has 1 unspecified atom stereocenters. The maximum absolute atomic E-state index is 11.1. The maximum atomic E-state index is 11.1. The van der Waals surface area contributed by atoms with E-state index in [1.807, 2.05) is 6.92 Å². The van der Waals surface area contributed by atoms with Crippen LogP contribution in [0.25, 0.3) is 0 Å². The fourth-order valence-corrected chi connectivity index (χ4v) is 2.97. The van der Waals surface area contributed by atoms with Crippen LogP contribution in [0.5, 0.6) is 0 Å². The lowest BCUT2D eigenvalue weighted by Gasteiger charge is -2.24. The van der Waals surface area contributed by atoms with Crippen LogP contribution < -0.4 is 5.32 Å². The third kappa shape index (κ3) is 4.53. The van der Waals surface area contributed by atoms with Gasteiger partial charge in [0, 0.05) is 41.5 Å². The second-order valence-electron chi connectivity index (χ2n) is 3.80. The third-order valence-corrected chi connectivity index (χ3v) is 3.92. The van der Waals surface area contributed by atoms with Crippen molar-refractivity contribution in [3.05, 3.63) is 0 Å². The minimum Gasteiger partial charge on any atom is -0.377 e. The summed E-state index contributed by atoms with van der Waals surface area (Å²) in [6.45, 7) is 5.78. The molecular weight excluding hydrogens is 198 g/mol. The van der Waals surface area contributed by atoms with Gasteiger partial charge in [0.05, 0.1) is 6.10 Å². The summed E-state index contributed by atoms with van der Waals surface area (Å²) in [5.41, 5.74) is 0.